The van der Waals surface area contributed by atoms with Crippen LogP contribution in [0.2, 0.25) is 0 Å². The summed E-state index contributed by atoms with van der Waals surface area (Å²) in [4.78, 5) is 11.1. The van der Waals surface area contributed by atoms with Crippen LogP contribution in [0.5, 0.6) is 0 Å². The molecule has 0 atom stereocenters. The number of carbonyl (C=O) groups is 1. The van der Waals surface area contributed by atoms with Gasteiger partial charge in [-0.1, -0.05) is 90.9 Å². The van der Waals surface area contributed by atoms with Crippen LogP contribution in [0, 0.1) is 5.92 Å². The van der Waals surface area contributed by atoms with E-state index in [-0.39, 0.29) is 5.92 Å². The van der Waals surface area contributed by atoms with Gasteiger partial charge in [-0.3, -0.25) is 0 Å². The van der Waals surface area contributed by atoms with Crippen molar-refractivity contribution in [2.75, 3.05) is 0 Å². The fraction of sp³-hybridized carbons (Fsp3) is 0.944. The first-order valence-electron chi connectivity index (χ1n) is 8.93. The second-order valence-corrected chi connectivity index (χ2v) is 6.13. The van der Waals surface area contributed by atoms with Crippen molar-refractivity contribution in [2.24, 2.45) is 5.92 Å². The highest BCUT2D eigenvalue weighted by molar-refractivity contribution is 5.69. The van der Waals surface area contributed by atoms with Crippen LogP contribution < -0.4 is 0 Å². The summed E-state index contributed by atoms with van der Waals surface area (Å²) in [6, 6.07) is 0. The Morgan fingerprint density at radius 2 is 1.00 bits per heavy atom. The molecule has 0 fully saturated rings. The van der Waals surface area contributed by atoms with Crippen molar-refractivity contribution in [2.45, 2.75) is 104 Å². The molecule has 0 bridgehead atoms. The minimum Gasteiger partial charge on any atom is -0.247 e. The molecule has 0 aromatic heterocycles. The first-order valence-corrected chi connectivity index (χ1v) is 8.93. The Labute approximate surface area is 126 Å². The average molecular weight is 283 g/mol. The molecule has 0 aromatic carbocycles. The summed E-state index contributed by atoms with van der Waals surface area (Å²) in [6.45, 7) is 4.43. The lowest BCUT2D eigenvalue weighted by molar-refractivity contribution is -0.148. The average Bonchev–Trinajstić information content (AvgIpc) is 2.43. The Hall–Kier alpha value is -0.530. The molecule has 0 unspecified atom stereocenters. The van der Waals surface area contributed by atoms with Gasteiger partial charge in [-0.15, -0.1) is 0 Å². The molecule has 0 saturated carbocycles. The highest BCUT2D eigenvalue weighted by Crippen LogP contribution is 2.19. The van der Waals surface area contributed by atoms with E-state index in [1.165, 1.54) is 64.2 Å². The maximum Gasteiger partial charge on any atom is 0.358 e. The largest absolute Gasteiger partial charge is 0.358 e. The van der Waals surface area contributed by atoms with E-state index in [4.69, 9.17) is 0 Å². The normalized spacial score (nSPS) is 11.2. The van der Waals surface area contributed by atoms with Gasteiger partial charge in [0.15, 0.2) is 0 Å². The lowest BCUT2D eigenvalue weighted by Crippen LogP contribution is -2.12. The summed E-state index contributed by atoms with van der Waals surface area (Å²) in [5.74, 6) is -1.03. The van der Waals surface area contributed by atoms with E-state index in [1.54, 1.807) is 0 Å². The van der Waals surface area contributed by atoms with Crippen molar-refractivity contribution in [3.63, 3.8) is 0 Å². The third-order valence-corrected chi connectivity index (χ3v) is 4.15. The highest BCUT2D eigenvalue weighted by atomic mass is 16.4. The van der Waals surface area contributed by atoms with Gasteiger partial charge in [0.1, 0.15) is 0 Å². The second-order valence-electron chi connectivity index (χ2n) is 6.13. The second kappa shape index (κ2) is 14.9. The van der Waals surface area contributed by atoms with Crippen molar-refractivity contribution in [1.82, 2.24) is 0 Å². The monoisotopic (exact) mass is 283 g/mol. The third-order valence-electron chi connectivity index (χ3n) is 4.15. The van der Waals surface area contributed by atoms with Crippen LogP contribution in [-0.4, -0.2) is 5.97 Å². The molecule has 20 heavy (non-hydrogen) atoms. The quantitative estimate of drug-likeness (QED) is 0.336. The van der Waals surface area contributed by atoms with Gasteiger partial charge in [0, 0.05) is 0 Å². The number of unbranched alkanes of at least 4 members (excludes halogenated alkanes) is 10. The van der Waals surface area contributed by atoms with Crippen molar-refractivity contribution in [1.29, 1.82) is 0 Å². The van der Waals surface area contributed by atoms with E-state index < -0.39 is 5.97 Å². The zero-order chi connectivity index (χ0) is 15.1. The maximum absolute atomic E-state index is 11.1. The van der Waals surface area contributed by atoms with Gasteiger partial charge in [0.2, 0.25) is 0 Å². The highest BCUT2D eigenvalue weighted by Gasteiger charge is 2.18. The summed E-state index contributed by atoms with van der Waals surface area (Å²) in [6.07, 6.45) is 16.4. The van der Waals surface area contributed by atoms with Crippen LogP contribution in [0.1, 0.15) is 104 Å². The van der Waals surface area contributed by atoms with Crippen LogP contribution in [0.3, 0.4) is 0 Å². The lowest BCUT2D eigenvalue weighted by atomic mass is 9.94. The molecule has 0 N–H and O–H groups in total. The van der Waals surface area contributed by atoms with E-state index in [9.17, 15) is 9.90 Å². The van der Waals surface area contributed by atoms with Crippen LogP contribution in [0.4, 0.5) is 0 Å². The smallest absolute Gasteiger partial charge is 0.247 e. The van der Waals surface area contributed by atoms with Crippen molar-refractivity contribution in [3.05, 3.63) is 0 Å². The fourth-order valence-corrected chi connectivity index (χ4v) is 2.72. The van der Waals surface area contributed by atoms with Gasteiger partial charge in [-0.2, -0.15) is 0 Å². The van der Waals surface area contributed by atoms with Crippen LogP contribution in [-0.2, 0) is 9.90 Å². The maximum atomic E-state index is 11.1. The molecule has 0 aliphatic rings. The number of carbonyl (C=O) groups excluding carboxylic acids is 1. The first kappa shape index (κ1) is 19.5. The SMILES string of the molecule is CCCCCCCCC(CCCCCCCC)C([O])=O. The topological polar surface area (TPSA) is 37.0 Å². The molecule has 0 aliphatic carbocycles. The zero-order valence-electron chi connectivity index (χ0n) is 13.8. The Morgan fingerprint density at radius 3 is 1.35 bits per heavy atom. The summed E-state index contributed by atoms with van der Waals surface area (Å²) in [5.41, 5.74) is 0. The minimum absolute atomic E-state index is 0.202. The van der Waals surface area contributed by atoms with Gasteiger partial charge in [-0.25, -0.2) is 9.90 Å². The Kier molecular flexibility index (Phi) is 14.5. The fourth-order valence-electron chi connectivity index (χ4n) is 2.72. The predicted molar refractivity (Wildman–Crippen MR) is 85.2 cm³/mol. The van der Waals surface area contributed by atoms with Gasteiger partial charge >= 0.3 is 5.97 Å². The Bertz CT molecular complexity index is 197. The van der Waals surface area contributed by atoms with E-state index in [2.05, 4.69) is 13.8 Å². The molecule has 2 heteroatoms. The Balaban J connectivity index is 3.53. The summed E-state index contributed by atoms with van der Waals surface area (Å²) in [7, 11) is 0. The number of rotatable bonds is 15. The minimum atomic E-state index is -0.827. The molecule has 1 radical (unpaired) electrons. The van der Waals surface area contributed by atoms with Crippen LogP contribution in [0.15, 0.2) is 0 Å². The van der Waals surface area contributed by atoms with Crippen molar-refractivity contribution >= 4 is 5.97 Å². The van der Waals surface area contributed by atoms with E-state index in [0.29, 0.717) is 0 Å². The van der Waals surface area contributed by atoms with Crippen LogP contribution >= 0.6 is 0 Å². The molecular formula is C18H35O2. The van der Waals surface area contributed by atoms with E-state index in [1.807, 2.05) is 0 Å². The molecule has 0 amide bonds. The van der Waals surface area contributed by atoms with E-state index >= 15 is 0 Å². The zero-order valence-corrected chi connectivity index (χ0v) is 13.8. The third kappa shape index (κ3) is 12.5. The predicted octanol–water partition coefficient (Wildman–Crippen LogP) is 6.06. The first-order chi connectivity index (χ1) is 9.72. The standard InChI is InChI=1S/C18H35O2/c1-3-5-7-9-11-13-15-17(18(19)20)16-14-12-10-8-6-4-2/h17H,3-16H2,1-2H3. The molecule has 0 rings (SSSR count). The number of hydrogen-bond donors (Lipinski definition) is 0. The molecule has 119 valence electrons. The summed E-state index contributed by atoms with van der Waals surface area (Å²) in [5, 5.41) is 11.1. The summed E-state index contributed by atoms with van der Waals surface area (Å²) < 4.78 is 0. The number of hydrogen-bond acceptors (Lipinski definition) is 1. The van der Waals surface area contributed by atoms with Gasteiger partial charge in [0.25, 0.3) is 0 Å². The van der Waals surface area contributed by atoms with Crippen molar-refractivity contribution < 1.29 is 9.90 Å². The Morgan fingerprint density at radius 1 is 0.650 bits per heavy atom. The molecule has 0 saturated heterocycles. The molecule has 0 spiro atoms. The van der Waals surface area contributed by atoms with Crippen molar-refractivity contribution in [3.8, 4) is 0 Å². The summed E-state index contributed by atoms with van der Waals surface area (Å²) >= 11 is 0. The van der Waals surface area contributed by atoms with Gasteiger partial charge < -0.3 is 0 Å². The molecule has 2 nitrogen and oxygen atoms in total. The molecule has 0 heterocycles. The van der Waals surface area contributed by atoms with Crippen LogP contribution in [0.25, 0.3) is 0 Å². The molecular weight excluding hydrogens is 248 g/mol. The lowest BCUT2D eigenvalue weighted by Gasteiger charge is -2.10. The van der Waals surface area contributed by atoms with Gasteiger partial charge in [0.05, 0.1) is 5.92 Å². The van der Waals surface area contributed by atoms with Gasteiger partial charge in [-0.05, 0) is 12.8 Å². The molecule has 0 aliphatic heterocycles. The molecule has 0 aromatic rings. The van der Waals surface area contributed by atoms with E-state index in [0.717, 1.165) is 25.7 Å².